The van der Waals surface area contributed by atoms with Gasteiger partial charge in [-0.2, -0.15) is 0 Å². The van der Waals surface area contributed by atoms with Gasteiger partial charge in [0.05, 0.1) is 19.7 Å². The number of aliphatic imine (C=N–C) groups is 1. The van der Waals surface area contributed by atoms with E-state index in [9.17, 15) is 5.11 Å². The summed E-state index contributed by atoms with van der Waals surface area (Å²) in [6.07, 6.45) is 39.0. The molecule has 1 aliphatic rings. The monoisotopic (exact) mass is 569 g/mol. The summed E-state index contributed by atoms with van der Waals surface area (Å²) in [7, 11) is 0. The number of rotatable bonds is 29. The van der Waals surface area contributed by atoms with Crippen LogP contribution in [0.2, 0.25) is 0 Å². The minimum Gasteiger partial charge on any atom is -1.00 e. The van der Waals surface area contributed by atoms with Crippen molar-refractivity contribution in [3.05, 3.63) is 12.2 Å². The second-order valence-corrected chi connectivity index (χ2v) is 12.2. The molecule has 0 aromatic carbocycles. The van der Waals surface area contributed by atoms with Crippen LogP contribution in [0.5, 0.6) is 0 Å². The minimum atomic E-state index is 0. The zero-order chi connectivity index (χ0) is 27.4. The van der Waals surface area contributed by atoms with Gasteiger partial charge in [0.25, 0.3) is 0 Å². The van der Waals surface area contributed by atoms with Crippen LogP contribution in [-0.2, 0) is 0 Å². The van der Waals surface area contributed by atoms with Crippen LogP contribution in [0.1, 0.15) is 174 Å². The molecule has 0 bridgehead atoms. The van der Waals surface area contributed by atoms with E-state index in [1.54, 1.807) is 0 Å². The Bertz CT molecular complexity index is 565. The lowest BCUT2D eigenvalue weighted by Gasteiger charge is -2.34. The number of unbranched alkanes of at least 4 members (excludes halogenated alkanes) is 21. The molecule has 1 aliphatic heterocycles. The maximum atomic E-state index is 9.81. The molecule has 1 atom stereocenters. The molecule has 0 amide bonds. The average molecular weight is 569 g/mol. The lowest BCUT2D eigenvalue weighted by Crippen LogP contribution is -3.00. The fourth-order valence-corrected chi connectivity index (χ4v) is 6.18. The lowest BCUT2D eigenvalue weighted by atomic mass is 10.0. The summed E-state index contributed by atoms with van der Waals surface area (Å²) in [5, 5.41) is 9.81. The molecule has 0 aromatic rings. The first kappa shape index (κ1) is 38.6. The summed E-state index contributed by atoms with van der Waals surface area (Å²) < 4.78 is 0.997. The highest BCUT2D eigenvalue weighted by molar-refractivity contribution is 5.76. The van der Waals surface area contributed by atoms with Gasteiger partial charge in [0.15, 0.2) is 5.84 Å². The molecule has 1 heterocycles. The van der Waals surface area contributed by atoms with E-state index in [4.69, 9.17) is 4.99 Å². The Hall–Kier alpha value is -0.380. The summed E-state index contributed by atoms with van der Waals surface area (Å²) in [6.45, 7) is 9.04. The minimum absolute atomic E-state index is 0. The Morgan fingerprint density at radius 3 is 1.51 bits per heavy atom. The summed E-state index contributed by atoms with van der Waals surface area (Å²) >= 11 is 0. The number of aliphatic hydroxyl groups excluding tert-OH is 1. The number of halogens is 1. The van der Waals surface area contributed by atoms with Crippen LogP contribution >= 0.6 is 0 Å². The van der Waals surface area contributed by atoms with Crippen LogP contribution in [0.25, 0.3) is 0 Å². The molecule has 4 heteroatoms. The Kier molecular flexibility index (Phi) is 28.8. The van der Waals surface area contributed by atoms with Crippen molar-refractivity contribution < 1.29 is 22.0 Å². The van der Waals surface area contributed by atoms with Gasteiger partial charge in [-0.05, 0) is 44.9 Å². The van der Waals surface area contributed by atoms with Crippen molar-refractivity contribution in [1.82, 2.24) is 0 Å². The SMILES string of the molecule is CCCCCCCC/C=C\CCCCCCCC[N+]1(CCO)CCN=C1CCCCCCCCCCCC.[Cl-]. The molecule has 1 unspecified atom stereocenters. The molecule has 0 aliphatic carbocycles. The molecule has 1 N–H and O–H groups in total. The van der Waals surface area contributed by atoms with E-state index in [2.05, 4.69) is 26.0 Å². The number of allylic oxidation sites excluding steroid dienone is 2. The number of hydrogen-bond acceptors (Lipinski definition) is 2. The van der Waals surface area contributed by atoms with Crippen molar-refractivity contribution in [2.24, 2.45) is 4.99 Å². The third-order valence-electron chi connectivity index (χ3n) is 8.75. The molecule has 0 saturated heterocycles. The fourth-order valence-electron chi connectivity index (χ4n) is 6.18. The molecule has 0 spiro atoms. The number of amidine groups is 1. The molecular weight excluding hydrogens is 500 g/mol. The van der Waals surface area contributed by atoms with Gasteiger partial charge in [-0.15, -0.1) is 0 Å². The van der Waals surface area contributed by atoms with Crippen LogP contribution < -0.4 is 12.4 Å². The maximum Gasteiger partial charge on any atom is 0.198 e. The Morgan fingerprint density at radius 1 is 0.590 bits per heavy atom. The highest BCUT2D eigenvalue weighted by Gasteiger charge is 2.36. The van der Waals surface area contributed by atoms with E-state index in [1.807, 2.05) is 0 Å². The standard InChI is InChI=1S/C35H69N2O.ClH/c1-3-5-7-9-11-13-15-16-17-18-19-20-22-24-26-28-31-37(33-34-38)32-30-36-35(37)29-27-25-23-21-14-12-10-8-6-4-2;/h16-17,38H,3-15,18-34H2,1-2H3;1H/q+1;/p-1/b17-16-;. The van der Waals surface area contributed by atoms with Crippen molar-refractivity contribution >= 4 is 5.84 Å². The molecule has 232 valence electrons. The topological polar surface area (TPSA) is 32.6 Å². The van der Waals surface area contributed by atoms with Gasteiger partial charge in [-0.3, -0.25) is 4.48 Å². The number of aliphatic hydroxyl groups is 1. The second kappa shape index (κ2) is 29.1. The molecule has 0 fully saturated rings. The van der Waals surface area contributed by atoms with Crippen molar-refractivity contribution in [1.29, 1.82) is 0 Å². The summed E-state index contributed by atoms with van der Waals surface area (Å²) in [4.78, 5) is 4.95. The smallest absolute Gasteiger partial charge is 0.198 e. The van der Waals surface area contributed by atoms with Crippen molar-refractivity contribution in [3.63, 3.8) is 0 Å². The van der Waals surface area contributed by atoms with E-state index < -0.39 is 0 Å². The third-order valence-corrected chi connectivity index (χ3v) is 8.75. The predicted octanol–water partition coefficient (Wildman–Crippen LogP) is 7.56. The van der Waals surface area contributed by atoms with Gasteiger partial charge in [0.1, 0.15) is 13.1 Å². The van der Waals surface area contributed by atoms with Gasteiger partial charge >= 0.3 is 0 Å². The molecule has 39 heavy (non-hydrogen) atoms. The highest BCUT2D eigenvalue weighted by Crippen LogP contribution is 2.22. The molecule has 0 saturated carbocycles. The molecule has 1 rings (SSSR count). The number of hydrogen-bond donors (Lipinski definition) is 1. The van der Waals surface area contributed by atoms with E-state index in [-0.39, 0.29) is 12.4 Å². The third kappa shape index (κ3) is 21.0. The second-order valence-electron chi connectivity index (χ2n) is 12.2. The van der Waals surface area contributed by atoms with Crippen molar-refractivity contribution in [2.45, 2.75) is 174 Å². The molecule has 0 aromatic heterocycles. The normalized spacial score (nSPS) is 17.2. The summed E-state index contributed by atoms with van der Waals surface area (Å²) in [6, 6.07) is 0. The molecule has 3 nitrogen and oxygen atoms in total. The number of quaternary nitrogens is 1. The Morgan fingerprint density at radius 2 is 1.03 bits per heavy atom. The first-order valence-corrected chi connectivity index (χ1v) is 17.4. The largest absolute Gasteiger partial charge is 1.00 e. The van der Waals surface area contributed by atoms with Gasteiger partial charge in [0, 0.05) is 6.42 Å². The van der Waals surface area contributed by atoms with Crippen LogP contribution in [0.3, 0.4) is 0 Å². The van der Waals surface area contributed by atoms with E-state index in [0.29, 0.717) is 6.61 Å². The first-order chi connectivity index (χ1) is 18.8. The van der Waals surface area contributed by atoms with Gasteiger partial charge in [-0.25, -0.2) is 4.99 Å². The predicted molar refractivity (Wildman–Crippen MR) is 170 cm³/mol. The first-order valence-electron chi connectivity index (χ1n) is 17.4. The van der Waals surface area contributed by atoms with Gasteiger partial charge in [-0.1, -0.05) is 135 Å². The summed E-state index contributed by atoms with van der Waals surface area (Å²) in [5.74, 6) is 1.41. The van der Waals surface area contributed by atoms with Crippen molar-refractivity contribution in [2.75, 3.05) is 32.8 Å². The zero-order valence-electron chi connectivity index (χ0n) is 26.6. The summed E-state index contributed by atoms with van der Waals surface area (Å²) in [5.41, 5.74) is 0. The number of nitrogens with zero attached hydrogens (tertiary/aromatic N) is 2. The average Bonchev–Trinajstić information content (AvgIpc) is 3.31. The molecule has 0 radical (unpaired) electrons. The lowest BCUT2D eigenvalue weighted by molar-refractivity contribution is -0.837. The van der Waals surface area contributed by atoms with E-state index in [1.165, 1.54) is 166 Å². The van der Waals surface area contributed by atoms with Gasteiger partial charge < -0.3 is 17.5 Å². The van der Waals surface area contributed by atoms with Crippen LogP contribution in [0.15, 0.2) is 17.1 Å². The van der Waals surface area contributed by atoms with Crippen LogP contribution in [0.4, 0.5) is 0 Å². The Balaban J connectivity index is 0.0000144. The Labute approximate surface area is 251 Å². The fraction of sp³-hybridized carbons (Fsp3) is 0.914. The van der Waals surface area contributed by atoms with Crippen LogP contribution in [0, 0.1) is 0 Å². The quantitative estimate of drug-likeness (QED) is 0.0563. The van der Waals surface area contributed by atoms with E-state index in [0.717, 1.165) is 30.5 Å². The van der Waals surface area contributed by atoms with Gasteiger partial charge in [0.2, 0.25) is 0 Å². The van der Waals surface area contributed by atoms with Crippen LogP contribution in [-0.4, -0.2) is 48.2 Å². The van der Waals surface area contributed by atoms with E-state index >= 15 is 0 Å². The highest BCUT2D eigenvalue weighted by atomic mass is 35.5. The zero-order valence-corrected chi connectivity index (χ0v) is 27.3. The van der Waals surface area contributed by atoms with Crippen molar-refractivity contribution in [3.8, 4) is 0 Å². The maximum absolute atomic E-state index is 9.81. The molecular formula is C35H69ClN2O.